The van der Waals surface area contributed by atoms with Crippen LogP contribution in [0.4, 0.5) is 5.69 Å². The van der Waals surface area contributed by atoms with Crippen LogP contribution in [0.3, 0.4) is 0 Å². The minimum atomic E-state index is 0.888. The Morgan fingerprint density at radius 1 is 0.643 bits per heavy atom. The topological polar surface area (TPSA) is 3.24 Å². The van der Waals surface area contributed by atoms with Gasteiger partial charge in [0.1, 0.15) is 0 Å². The molecule has 1 heteroatoms. The van der Waals surface area contributed by atoms with E-state index >= 15 is 0 Å². The fourth-order valence-corrected chi connectivity index (χ4v) is 4.30. The summed E-state index contributed by atoms with van der Waals surface area (Å²) >= 11 is 0. The molecule has 0 unspecified atom stereocenters. The number of fused-ring (bicyclic) bond motifs is 3. The quantitative estimate of drug-likeness (QED) is 0.350. The normalized spacial score (nSPS) is 11.8. The first-order valence-electron chi connectivity index (χ1n) is 9.85. The highest BCUT2D eigenvalue weighted by Gasteiger charge is 2.18. The molecule has 0 atom stereocenters. The summed E-state index contributed by atoms with van der Waals surface area (Å²) in [5.74, 6) is 0. The summed E-state index contributed by atoms with van der Waals surface area (Å²) in [6.45, 7) is 0.888. The third kappa shape index (κ3) is 2.99. The van der Waals surface area contributed by atoms with Gasteiger partial charge in [-0.3, -0.25) is 0 Å². The van der Waals surface area contributed by atoms with E-state index in [-0.39, 0.29) is 0 Å². The lowest BCUT2D eigenvalue weighted by Gasteiger charge is -2.23. The van der Waals surface area contributed by atoms with Crippen molar-refractivity contribution in [3.05, 3.63) is 114 Å². The lowest BCUT2D eigenvalue weighted by Crippen LogP contribution is -2.17. The molecule has 1 aliphatic carbocycles. The summed E-state index contributed by atoms with van der Waals surface area (Å²) in [7, 11) is 2.18. The van der Waals surface area contributed by atoms with Crippen LogP contribution in [0.5, 0.6) is 0 Å². The molecule has 0 radical (unpaired) electrons. The van der Waals surface area contributed by atoms with Crippen molar-refractivity contribution in [1.82, 2.24) is 0 Å². The lowest BCUT2D eigenvalue weighted by molar-refractivity contribution is 0.924. The highest BCUT2D eigenvalue weighted by Crippen LogP contribution is 2.37. The maximum absolute atomic E-state index is 2.38. The molecule has 28 heavy (non-hydrogen) atoms. The molecule has 0 saturated heterocycles. The van der Waals surface area contributed by atoms with Gasteiger partial charge in [0.15, 0.2) is 0 Å². The first-order valence-corrected chi connectivity index (χ1v) is 9.85. The van der Waals surface area contributed by atoms with E-state index in [0.717, 1.165) is 13.0 Å². The van der Waals surface area contributed by atoms with Gasteiger partial charge < -0.3 is 4.90 Å². The molecule has 0 saturated carbocycles. The summed E-state index contributed by atoms with van der Waals surface area (Å²) < 4.78 is 0. The predicted molar refractivity (Wildman–Crippen MR) is 119 cm³/mol. The van der Waals surface area contributed by atoms with Gasteiger partial charge in [-0.2, -0.15) is 0 Å². The van der Waals surface area contributed by atoms with Crippen LogP contribution < -0.4 is 4.90 Å². The molecule has 0 aliphatic heterocycles. The number of hydrogen-bond acceptors (Lipinski definition) is 1. The Bertz CT molecular complexity index is 1130. The predicted octanol–water partition coefficient (Wildman–Crippen LogP) is 6.56. The zero-order chi connectivity index (χ0) is 18.9. The van der Waals surface area contributed by atoms with Gasteiger partial charge in [0.2, 0.25) is 0 Å². The van der Waals surface area contributed by atoms with Crippen molar-refractivity contribution in [2.75, 3.05) is 11.9 Å². The van der Waals surface area contributed by atoms with Crippen molar-refractivity contribution < 1.29 is 0 Å². The Morgan fingerprint density at radius 3 is 2.18 bits per heavy atom. The summed E-state index contributed by atoms with van der Waals surface area (Å²) in [4.78, 5) is 2.35. The SMILES string of the molecule is CN(Cc1ccc2c(c1)-c1ccccc1C2)c1ccccc1-c1ccccc1. The molecule has 136 valence electrons. The van der Waals surface area contributed by atoms with Gasteiger partial charge in [-0.1, -0.05) is 84.9 Å². The summed E-state index contributed by atoms with van der Waals surface area (Å²) in [6.07, 6.45) is 1.05. The molecular formula is C27H23N. The molecule has 4 aromatic rings. The molecule has 1 aliphatic rings. The number of anilines is 1. The van der Waals surface area contributed by atoms with E-state index in [0.29, 0.717) is 0 Å². The summed E-state index contributed by atoms with van der Waals surface area (Å²) in [6, 6.07) is 35.0. The van der Waals surface area contributed by atoms with Crippen molar-refractivity contribution in [1.29, 1.82) is 0 Å². The average Bonchev–Trinajstić information content (AvgIpc) is 3.12. The van der Waals surface area contributed by atoms with Crippen LogP contribution in [0.1, 0.15) is 16.7 Å². The second kappa shape index (κ2) is 7.01. The van der Waals surface area contributed by atoms with Crippen LogP contribution in [0.15, 0.2) is 97.1 Å². The van der Waals surface area contributed by atoms with Crippen molar-refractivity contribution in [3.8, 4) is 22.3 Å². The van der Waals surface area contributed by atoms with Gasteiger partial charge in [-0.25, -0.2) is 0 Å². The van der Waals surface area contributed by atoms with E-state index in [9.17, 15) is 0 Å². The van der Waals surface area contributed by atoms with E-state index < -0.39 is 0 Å². The van der Waals surface area contributed by atoms with Gasteiger partial charge in [0.05, 0.1) is 0 Å². The molecule has 0 N–H and O–H groups in total. The first-order chi connectivity index (χ1) is 13.8. The highest BCUT2D eigenvalue weighted by molar-refractivity contribution is 5.79. The lowest BCUT2D eigenvalue weighted by atomic mass is 10.0. The highest BCUT2D eigenvalue weighted by atomic mass is 15.1. The smallest absolute Gasteiger partial charge is 0.0446 e. The van der Waals surface area contributed by atoms with Crippen LogP contribution in [0, 0.1) is 0 Å². The van der Waals surface area contributed by atoms with Crippen molar-refractivity contribution >= 4 is 5.69 Å². The van der Waals surface area contributed by atoms with Crippen LogP contribution >= 0.6 is 0 Å². The zero-order valence-corrected chi connectivity index (χ0v) is 16.1. The third-order valence-corrected chi connectivity index (χ3v) is 5.68. The zero-order valence-electron chi connectivity index (χ0n) is 16.1. The maximum atomic E-state index is 2.38. The van der Waals surface area contributed by atoms with Crippen molar-refractivity contribution in [2.45, 2.75) is 13.0 Å². The van der Waals surface area contributed by atoms with Crippen LogP contribution in [-0.4, -0.2) is 7.05 Å². The van der Waals surface area contributed by atoms with E-state index in [1.807, 2.05) is 0 Å². The first kappa shape index (κ1) is 16.8. The average molecular weight is 361 g/mol. The van der Waals surface area contributed by atoms with Gasteiger partial charge >= 0.3 is 0 Å². The molecular weight excluding hydrogens is 338 g/mol. The van der Waals surface area contributed by atoms with E-state index in [1.165, 1.54) is 44.6 Å². The standard InChI is InChI=1S/C27H23N/c1-28(27-14-8-7-13-25(27)21-9-3-2-4-10-21)19-20-15-16-23-18-22-11-5-6-12-24(22)26(23)17-20/h2-17H,18-19H2,1H3. The maximum Gasteiger partial charge on any atom is 0.0446 e. The van der Waals surface area contributed by atoms with Gasteiger partial charge in [-0.05, 0) is 51.9 Å². The van der Waals surface area contributed by atoms with Crippen LogP contribution in [0.25, 0.3) is 22.3 Å². The Kier molecular flexibility index (Phi) is 4.21. The molecule has 0 spiro atoms. The van der Waals surface area contributed by atoms with E-state index in [2.05, 4.69) is 109 Å². The molecule has 0 aromatic heterocycles. The Balaban J connectivity index is 1.46. The van der Waals surface area contributed by atoms with Crippen molar-refractivity contribution in [3.63, 3.8) is 0 Å². The number of rotatable bonds is 4. The molecule has 1 nitrogen and oxygen atoms in total. The molecule has 5 rings (SSSR count). The number of para-hydroxylation sites is 1. The third-order valence-electron chi connectivity index (χ3n) is 5.68. The number of benzene rings is 4. The fraction of sp³-hybridized carbons (Fsp3) is 0.111. The second-order valence-electron chi connectivity index (χ2n) is 7.56. The molecule has 4 aromatic carbocycles. The second-order valence-corrected chi connectivity index (χ2v) is 7.56. The Hall–Kier alpha value is -3.32. The largest absolute Gasteiger partial charge is 0.370 e. The van der Waals surface area contributed by atoms with Gasteiger partial charge in [0.25, 0.3) is 0 Å². The van der Waals surface area contributed by atoms with Crippen LogP contribution in [0.2, 0.25) is 0 Å². The number of hydrogen-bond donors (Lipinski definition) is 0. The monoisotopic (exact) mass is 361 g/mol. The Morgan fingerprint density at radius 2 is 1.32 bits per heavy atom. The minimum absolute atomic E-state index is 0.888. The fourth-order valence-electron chi connectivity index (χ4n) is 4.30. The van der Waals surface area contributed by atoms with E-state index in [1.54, 1.807) is 0 Å². The Labute approximate surface area is 166 Å². The number of nitrogens with zero attached hydrogens (tertiary/aromatic N) is 1. The minimum Gasteiger partial charge on any atom is -0.370 e. The van der Waals surface area contributed by atoms with Crippen molar-refractivity contribution in [2.24, 2.45) is 0 Å². The van der Waals surface area contributed by atoms with Gasteiger partial charge in [-0.15, -0.1) is 0 Å². The summed E-state index contributed by atoms with van der Waals surface area (Å²) in [5.41, 5.74) is 10.8. The molecule has 0 heterocycles. The van der Waals surface area contributed by atoms with Gasteiger partial charge in [0, 0.05) is 24.8 Å². The molecule has 0 bridgehead atoms. The van der Waals surface area contributed by atoms with E-state index in [4.69, 9.17) is 0 Å². The molecule has 0 amide bonds. The summed E-state index contributed by atoms with van der Waals surface area (Å²) in [5, 5.41) is 0. The van der Waals surface area contributed by atoms with Crippen LogP contribution in [-0.2, 0) is 13.0 Å². The molecule has 0 fully saturated rings.